The number of rotatable bonds is 6. The van der Waals surface area contributed by atoms with Gasteiger partial charge in [0.05, 0.1) is 27.4 Å². The van der Waals surface area contributed by atoms with E-state index in [-0.39, 0.29) is 33.6 Å². The molecule has 0 radical (unpaired) electrons. The Morgan fingerprint density at radius 3 is 2.24 bits per heavy atom. The van der Waals surface area contributed by atoms with Crippen LogP contribution in [0.3, 0.4) is 0 Å². The van der Waals surface area contributed by atoms with Crippen molar-refractivity contribution >= 4 is 34.9 Å². The molecule has 9 heteroatoms. The van der Waals surface area contributed by atoms with Gasteiger partial charge in [0.15, 0.2) is 5.69 Å². The standard InChI is InChI=1S/C25H25ClFN3O4/c1-24(2,3)34-23(33)25(4,5)14-9-11-15(12-10-14)28-19-13-18(29-30-21(19)22(31)32)20-16(26)7-6-8-17(20)27/h6-13H,1-5H3,(H,28,29)(H,31,32). The van der Waals surface area contributed by atoms with Crippen molar-refractivity contribution in [3.63, 3.8) is 0 Å². The van der Waals surface area contributed by atoms with E-state index in [2.05, 4.69) is 15.5 Å². The second-order valence-corrected chi connectivity index (χ2v) is 9.63. The van der Waals surface area contributed by atoms with Gasteiger partial charge < -0.3 is 15.2 Å². The van der Waals surface area contributed by atoms with Gasteiger partial charge in [-0.1, -0.05) is 29.8 Å². The van der Waals surface area contributed by atoms with E-state index < -0.39 is 22.8 Å². The van der Waals surface area contributed by atoms with Crippen LogP contribution in [0.25, 0.3) is 11.3 Å². The van der Waals surface area contributed by atoms with Crippen molar-refractivity contribution in [1.82, 2.24) is 10.2 Å². The van der Waals surface area contributed by atoms with Crippen LogP contribution in [-0.4, -0.2) is 32.8 Å². The maximum atomic E-state index is 14.4. The third-order valence-electron chi connectivity index (χ3n) is 5.01. The molecule has 34 heavy (non-hydrogen) atoms. The van der Waals surface area contributed by atoms with Gasteiger partial charge in [-0.25, -0.2) is 9.18 Å². The molecule has 3 aromatic rings. The molecule has 1 aromatic heterocycles. The van der Waals surface area contributed by atoms with Crippen molar-refractivity contribution in [3.8, 4) is 11.3 Å². The summed E-state index contributed by atoms with van der Waals surface area (Å²) in [6, 6.07) is 12.5. The summed E-state index contributed by atoms with van der Waals surface area (Å²) < 4.78 is 19.9. The Hall–Kier alpha value is -3.52. The van der Waals surface area contributed by atoms with E-state index in [0.717, 1.165) is 5.56 Å². The minimum absolute atomic E-state index is 0.0195. The van der Waals surface area contributed by atoms with Crippen LogP contribution >= 0.6 is 11.6 Å². The lowest BCUT2D eigenvalue weighted by molar-refractivity contribution is -0.160. The summed E-state index contributed by atoms with van der Waals surface area (Å²) in [5.41, 5.74) is -0.390. The number of aromatic carboxylic acids is 1. The maximum Gasteiger partial charge on any atom is 0.358 e. The van der Waals surface area contributed by atoms with Crippen molar-refractivity contribution in [3.05, 3.63) is 70.6 Å². The number of carboxylic acid groups (broad SMARTS) is 1. The summed E-state index contributed by atoms with van der Waals surface area (Å²) in [7, 11) is 0. The van der Waals surface area contributed by atoms with Gasteiger partial charge >= 0.3 is 11.9 Å². The molecule has 0 saturated heterocycles. The van der Waals surface area contributed by atoms with Crippen LogP contribution in [-0.2, 0) is 14.9 Å². The van der Waals surface area contributed by atoms with Crippen LogP contribution in [0.15, 0.2) is 48.5 Å². The minimum atomic E-state index is -1.30. The van der Waals surface area contributed by atoms with Crippen LogP contribution in [0.2, 0.25) is 5.02 Å². The Bertz CT molecular complexity index is 1220. The highest BCUT2D eigenvalue weighted by molar-refractivity contribution is 6.33. The smallest absolute Gasteiger partial charge is 0.358 e. The number of nitrogens with one attached hydrogen (secondary N) is 1. The number of hydrogen-bond acceptors (Lipinski definition) is 6. The first-order chi connectivity index (χ1) is 15.8. The van der Waals surface area contributed by atoms with Gasteiger partial charge in [-0.05, 0) is 70.5 Å². The molecule has 0 aliphatic heterocycles. The number of halogens is 2. The van der Waals surface area contributed by atoms with Gasteiger partial charge in [-0.3, -0.25) is 4.79 Å². The fourth-order valence-corrected chi connectivity index (χ4v) is 3.42. The first-order valence-electron chi connectivity index (χ1n) is 10.5. The van der Waals surface area contributed by atoms with Crippen molar-refractivity contribution in [2.24, 2.45) is 0 Å². The second kappa shape index (κ2) is 9.38. The molecule has 0 bridgehead atoms. The van der Waals surface area contributed by atoms with E-state index in [1.165, 1.54) is 24.3 Å². The molecular weight excluding hydrogens is 461 g/mol. The molecule has 0 aliphatic rings. The summed E-state index contributed by atoms with van der Waals surface area (Å²) in [5.74, 6) is -2.27. The molecule has 0 unspecified atom stereocenters. The van der Waals surface area contributed by atoms with E-state index in [1.54, 1.807) is 58.9 Å². The molecule has 0 fully saturated rings. The molecular formula is C25H25ClFN3O4. The maximum absolute atomic E-state index is 14.4. The number of nitrogens with zero attached hydrogens (tertiary/aromatic N) is 2. The Balaban J connectivity index is 1.93. The number of carbonyl (C=O) groups excluding carboxylic acids is 1. The average molecular weight is 486 g/mol. The highest BCUT2D eigenvalue weighted by Gasteiger charge is 2.34. The van der Waals surface area contributed by atoms with Crippen LogP contribution in [0.1, 0.15) is 50.7 Å². The second-order valence-electron chi connectivity index (χ2n) is 9.22. The lowest BCUT2D eigenvalue weighted by Crippen LogP contribution is -2.36. The quantitative estimate of drug-likeness (QED) is 0.413. The Kier molecular flexibility index (Phi) is 6.93. The van der Waals surface area contributed by atoms with E-state index in [0.29, 0.717) is 5.69 Å². The molecule has 0 aliphatic carbocycles. The third-order valence-corrected chi connectivity index (χ3v) is 5.33. The van der Waals surface area contributed by atoms with E-state index in [1.807, 2.05) is 0 Å². The summed E-state index contributed by atoms with van der Waals surface area (Å²) in [5, 5.41) is 20.2. The molecule has 0 saturated carbocycles. The zero-order valence-electron chi connectivity index (χ0n) is 19.4. The Labute approximate surface area is 201 Å². The number of ether oxygens (including phenoxy) is 1. The van der Waals surface area contributed by atoms with Crippen LogP contribution < -0.4 is 5.32 Å². The molecule has 2 N–H and O–H groups in total. The van der Waals surface area contributed by atoms with Gasteiger partial charge in [0, 0.05) is 5.69 Å². The number of esters is 1. The highest BCUT2D eigenvalue weighted by atomic mass is 35.5. The van der Waals surface area contributed by atoms with Gasteiger partial charge in [0.25, 0.3) is 0 Å². The molecule has 7 nitrogen and oxygen atoms in total. The fraction of sp³-hybridized carbons (Fsp3) is 0.280. The molecule has 0 atom stereocenters. The van der Waals surface area contributed by atoms with Gasteiger partial charge in [0.2, 0.25) is 0 Å². The first kappa shape index (κ1) is 25.1. The van der Waals surface area contributed by atoms with Crippen LogP contribution in [0.4, 0.5) is 15.8 Å². The van der Waals surface area contributed by atoms with E-state index in [4.69, 9.17) is 16.3 Å². The fourth-order valence-electron chi connectivity index (χ4n) is 3.16. The SMILES string of the molecule is CC(C)(C)OC(=O)C(C)(C)c1ccc(Nc2cc(-c3c(F)cccc3Cl)nnc2C(=O)O)cc1. The van der Waals surface area contributed by atoms with E-state index >= 15 is 0 Å². The van der Waals surface area contributed by atoms with Crippen molar-refractivity contribution < 1.29 is 23.8 Å². The van der Waals surface area contributed by atoms with Crippen molar-refractivity contribution in [2.45, 2.75) is 45.6 Å². The number of carboxylic acids is 1. The number of benzene rings is 2. The molecule has 0 spiro atoms. The van der Waals surface area contributed by atoms with Crippen LogP contribution in [0.5, 0.6) is 0 Å². The van der Waals surface area contributed by atoms with Gasteiger partial charge in [-0.15, -0.1) is 10.2 Å². The van der Waals surface area contributed by atoms with Crippen LogP contribution in [0, 0.1) is 5.82 Å². The topological polar surface area (TPSA) is 101 Å². The summed E-state index contributed by atoms with van der Waals surface area (Å²) in [4.78, 5) is 24.3. The van der Waals surface area contributed by atoms with Crippen molar-refractivity contribution in [1.29, 1.82) is 0 Å². The average Bonchev–Trinajstić information content (AvgIpc) is 2.73. The van der Waals surface area contributed by atoms with E-state index in [9.17, 15) is 19.1 Å². The number of hydrogen-bond donors (Lipinski definition) is 2. The zero-order valence-corrected chi connectivity index (χ0v) is 20.2. The number of anilines is 2. The largest absolute Gasteiger partial charge is 0.476 e. The summed E-state index contributed by atoms with van der Waals surface area (Å²) in [6.07, 6.45) is 0. The molecule has 0 amide bonds. The van der Waals surface area contributed by atoms with Crippen molar-refractivity contribution in [2.75, 3.05) is 5.32 Å². The van der Waals surface area contributed by atoms with Gasteiger partial charge in [-0.2, -0.15) is 0 Å². The zero-order chi connectivity index (χ0) is 25.3. The lowest BCUT2D eigenvalue weighted by atomic mass is 9.84. The minimum Gasteiger partial charge on any atom is -0.476 e. The number of aromatic nitrogens is 2. The predicted octanol–water partition coefficient (Wildman–Crippen LogP) is 6.00. The molecule has 178 valence electrons. The first-order valence-corrected chi connectivity index (χ1v) is 10.8. The molecule has 1 heterocycles. The normalized spacial score (nSPS) is 11.7. The Morgan fingerprint density at radius 1 is 1.03 bits per heavy atom. The predicted molar refractivity (Wildman–Crippen MR) is 128 cm³/mol. The molecule has 3 rings (SSSR count). The highest BCUT2D eigenvalue weighted by Crippen LogP contribution is 2.33. The number of carbonyl (C=O) groups is 2. The summed E-state index contributed by atoms with van der Waals surface area (Å²) in [6.45, 7) is 8.95. The molecule has 2 aromatic carbocycles. The lowest BCUT2D eigenvalue weighted by Gasteiger charge is -2.29. The van der Waals surface area contributed by atoms with Gasteiger partial charge in [0.1, 0.15) is 11.4 Å². The Morgan fingerprint density at radius 2 is 1.68 bits per heavy atom. The monoisotopic (exact) mass is 485 g/mol. The summed E-state index contributed by atoms with van der Waals surface area (Å²) >= 11 is 6.12. The third kappa shape index (κ3) is 5.51.